The zero-order valence-electron chi connectivity index (χ0n) is 17.2. The molecule has 0 fully saturated rings. The Bertz CT molecular complexity index is 793. The second kappa shape index (κ2) is 11.7. The highest BCUT2D eigenvalue weighted by atomic mass is 16.5. The van der Waals surface area contributed by atoms with Gasteiger partial charge in [0.1, 0.15) is 12.4 Å². The number of benzene rings is 2. The fourth-order valence-electron chi connectivity index (χ4n) is 2.44. The van der Waals surface area contributed by atoms with Crippen molar-refractivity contribution in [1.82, 2.24) is 5.32 Å². The number of anilines is 2. The van der Waals surface area contributed by atoms with Crippen LogP contribution in [0.1, 0.15) is 30.6 Å². The van der Waals surface area contributed by atoms with Crippen LogP contribution in [-0.2, 0) is 9.53 Å². The number of rotatable bonds is 11. The van der Waals surface area contributed by atoms with Crippen molar-refractivity contribution < 1.29 is 19.1 Å². The van der Waals surface area contributed by atoms with Gasteiger partial charge in [-0.3, -0.25) is 9.59 Å². The molecule has 2 aromatic carbocycles. The van der Waals surface area contributed by atoms with Crippen molar-refractivity contribution in [2.24, 2.45) is 0 Å². The average molecular weight is 399 g/mol. The van der Waals surface area contributed by atoms with Crippen molar-refractivity contribution in [2.45, 2.75) is 26.3 Å². The van der Waals surface area contributed by atoms with Gasteiger partial charge in [-0.25, -0.2) is 0 Å². The Balaban J connectivity index is 1.82. The predicted octanol–water partition coefficient (Wildman–Crippen LogP) is 3.29. The Hall–Kier alpha value is -3.06. The summed E-state index contributed by atoms with van der Waals surface area (Å²) in [7, 11) is 1.61. The molecular weight excluding hydrogens is 370 g/mol. The first kappa shape index (κ1) is 22.2. The summed E-state index contributed by atoms with van der Waals surface area (Å²) < 4.78 is 10.5. The third kappa shape index (κ3) is 7.83. The van der Waals surface area contributed by atoms with Gasteiger partial charge in [0.2, 0.25) is 5.91 Å². The van der Waals surface area contributed by atoms with Crippen molar-refractivity contribution in [3.8, 4) is 5.75 Å². The van der Waals surface area contributed by atoms with Crippen LogP contribution in [-0.4, -0.2) is 44.7 Å². The molecule has 0 saturated carbocycles. The molecule has 7 nitrogen and oxygen atoms in total. The van der Waals surface area contributed by atoms with E-state index >= 15 is 0 Å². The van der Waals surface area contributed by atoms with E-state index < -0.39 is 0 Å². The van der Waals surface area contributed by atoms with Gasteiger partial charge < -0.3 is 25.4 Å². The molecule has 0 aromatic heterocycles. The highest BCUT2D eigenvalue weighted by Gasteiger charge is 2.09. The minimum atomic E-state index is -0.183. The number of ether oxygens (including phenoxy) is 2. The normalized spacial score (nSPS) is 11.4. The summed E-state index contributed by atoms with van der Waals surface area (Å²) >= 11 is 0. The zero-order chi connectivity index (χ0) is 21.1. The van der Waals surface area contributed by atoms with E-state index in [4.69, 9.17) is 9.47 Å². The van der Waals surface area contributed by atoms with Gasteiger partial charge in [-0.05, 0) is 49.7 Å². The Kier molecular flexibility index (Phi) is 8.98. The fraction of sp³-hybridized carbons (Fsp3) is 0.364. The van der Waals surface area contributed by atoms with Gasteiger partial charge in [-0.1, -0.05) is 13.0 Å². The van der Waals surface area contributed by atoms with Crippen LogP contribution in [0.25, 0.3) is 0 Å². The van der Waals surface area contributed by atoms with Gasteiger partial charge in [0.25, 0.3) is 5.91 Å². The maximum atomic E-state index is 12.2. The highest BCUT2D eigenvalue weighted by molar-refractivity contribution is 5.95. The molecule has 0 bridgehead atoms. The lowest BCUT2D eigenvalue weighted by atomic mass is 10.1. The Morgan fingerprint density at radius 1 is 1.03 bits per heavy atom. The molecule has 2 amide bonds. The molecule has 2 rings (SSSR count). The Labute approximate surface area is 171 Å². The molecule has 1 unspecified atom stereocenters. The summed E-state index contributed by atoms with van der Waals surface area (Å²) in [5.74, 6) is 0.382. The first-order chi connectivity index (χ1) is 14.0. The molecule has 0 heterocycles. The van der Waals surface area contributed by atoms with E-state index in [1.165, 1.54) is 0 Å². The smallest absolute Gasteiger partial charge is 0.251 e. The number of amides is 2. The first-order valence-electron chi connectivity index (χ1n) is 9.68. The second-order valence-corrected chi connectivity index (χ2v) is 6.63. The number of methoxy groups -OCH3 is 1. The van der Waals surface area contributed by atoms with Crippen molar-refractivity contribution in [3.05, 3.63) is 54.1 Å². The predicted molar refractivity (Wildman–Crippen MR) is 115 cm³/mol. The summed E-state index contributed by atoms with van der Waals surface area (Å²) in [6, 6.07) is 14.4. The number of carbonyl (C=O) groups excluding carboxylic acids is 2. The van der Waals surface area contributed by atoms with E-state index in [2.05, 4.69) is 16.0 Å². The van der Waals surface area contributed by atoms with E-state index in [1.54, 1.807) is 43.5 Å². The maximum absolute atomic E-state index is 12.2. The number of hydrogen-bond donors (Lipinski definition) is 3. The van der Waals surface area contributed by atoms with Crippen LogP contribution < -0.4 is 20.7 Å². The van der Waals surface area contributed by atoms with Crippen molar-refractivity contribution in [1.29, 1.82) is 0 Å². The minimum absolute atomic E-state index is 0.101. The van der Waals surface area contributed by atoms with Gasteiger partial charge in [0.05, 0.1) is 13.2 Å². The molecule has 29 heavy (non-hydrogen) atoms. The number of nitrogens with one attached hydrogen (secondary N) is 3. The van der Waals surface area contributed by atoms with Gasteiger partial charge in [0, 0.05) is 36.2 Å². The lowest BCUT2D eigenvalue weighted by Crippen LogP contribution is -2.31. The van der Waals surface area contributed by atoms with Crippen LogP contribution in [0.3, 0.4) is 0 Å². The second-order valence-electron chi connectivity index (χ2n) is 6.63. The van der Waals surface area contributed by atoms with E-state index in [0.29, 0.717) is 30.2 Å². The largest absolute Gasteiger partial charge is 0.491 e. The number of hydrogen-bond acceptors (Lipinski definition) is 5. The molecule has 3 N–H and O–H groups in total. The van der Waals surface area contributed by atoms with Crippen LogP contribution in [0.5, 0.6) is 5.75 Å². The van der Waals surface area contributed by atoms with Crippen molar-refractivity contribution in [3.63, 3.8) is 0 Å². The van der Waals surface area contributed by atoms with Gasteiger partial charge in [-0.15, -0.1) is 0 Å². The molecule has 0 aliphatic heterocycles. The molecule has 0 aliphatic rings. The molecule has 0 spiro atoms. The average Bonchev–Trinajstić information content (AvgIpc) is 2.73. The van der Waals surface area contributed by atoms with Crippen LogP contribution in [0.4, 0.5) is 11.4 Å². The van der Waals surface area contributed by atoms with E-state index in [1.807, 2.05) is 26.0 Å². The van der Waals surface area contributed by atoms with Gasteiger partial charge in [-0.2, -0.15) is 0 Å². The summed E-state index contributed by atoms with van der Waals surface area (Å²) in [6.07, 6.45) is 0.878. The zero-order valence-corrected chi connectivity index (χ0v) is 17.2. The van der Waals surface area contributed by atoms with E-state index in [-0.39, 0.29) is 24.4 Å². The van der Waals surface area contributed by atoms with Crippen LogP contribution in [0.2, 0.25) is 0 Å². The van der Waals surface area contributed by atoms with Crippen LogP contribution in [0.15, 0.2) is 48.5 Å². The summed E-state index contributed by atoms with van der Waals surface area (Å²) in [6.45, 7) is 5.04. The summed E-state index contributed by atoms with van der Waals surface area (Å²) in [5, 5.41) is 8.79. The first-order valence-corrected chi connectivity index (χ1v) is 9.68. The van der Waals surface area contributed by atoms with E-state index in [9.17, 15) is 9.59 Å². The molecule has 0 aliphatic carbocycles. The van der Waals surface area contributed by atoms with Gasteiger partial charge in [0.15, 0.2) is 0 Å². The maximum Gasteiger partial charge on any atom is 0.251 e. The molecular formula is C22H29N3O4. The van der Waals surface area contributed by atoms with Crippen LogP contribution in [0, 0.1) is 0 Å². The minimum Gasteiger partial charge on any atom is -0.491 e. The Morgan fingerprint density at radius 3 is 2.48 bits per heavy atom. The lowest BCUT2D eigenvalue weighted by Gasteiger charge is -2.12. The SMILES string of the molecule is CCC(C)NC(=O)c1ccc(NCC(=O)Nc2cccc(OCCOC)c2)cc1. The molecule has 2 aromatic rings. The van der Waals surface area contributed by atoms with Crippen LogP contribution >= 0.6 is 0 Å². The third-order valence-corrected chi connectivity index (χ3v) is 4.26. The lowest BCUT2D eigenvalue weighted by molar-refractivity contribution is -0.114. The fourth-order valence-corrected chi connectivity index (χ4v) is 2.44. The molecule has 0 saturated heterocycles. The van der Waals surface area contributed by atoms with Gasteiger partial charge >= 0.3 is 0 Å². The molecule has 7 heteroatoms. The Morgan fingerprint density at radius 2 is 1.79 bits per heavy atom. The van der Waals surface area contributed by atoms with E-state index in [0.717, 1.165) is 12.1 Å². The topological polar surface area (TPSA) is 88.7 Å². The highest BCUT2D eigenvalue weighted by Crippen LogP contribution is 2.17. The molecule has 156 valence electrons. The number of carbonyl (C=O) groups is 2. The standard InChI is InChI=1S/C22H29N3O4/c1-4-16(2)24-22(27)17-8-10-18(11-9-17)23-15-21(26)25-19-6-5-7-20(14-19)29-13-12-28-3/h5-11,14,16,23H,4,12-13,15H2,1-3H3,(H,24,27)(H,25,26). The quantitative estimate of drug-likeness (QED) is 0.505. The molecule has 1 atom stereocenters. The van der Waals surface area contributed by atoms with Crippen molar-refractivity contribution >= 4 is 23.2 Å². The summed E-state index contributed by atoms with van der Waals surface area (Å²) in [5.41, 5.74) is 2.01. The third-order valence-electron chi connectivity index (χ3n) is 4.26. The summed E-state index contributed by atoms with van der Waals surface area (Å²) in [4.78, 5) is 24.3. The monoisotopic (exact) mass is 399 g/mol. The van der Waals surface area contributed by atoms with Crippen molar-refractivity contribution in [2.75, 3.05) is 37.5 Å². The molecule has 0 radical (unpaired) electrons.